The second kappa shape index (κ2) is 32.0. The Bertz CT molecular complexity index is 2970. The number of para-hydroxylation sites is 1. The smallest absolute Gasteiger partial charge is 0.246 e. The van der Waals surface area contributed by atoms with Crippen LogP contribution in [0.2, 0.25) is 0 Å². The van der Waals surface area contributed by atoms with Crippen LogP contribution in [-0.4, -0.2) is 176 Å². The van der Waals surface area contributed by atoms with E-state index in [9.17, 15) is 68.1 Å². The lowest BCUT2D eigenvalue weighted by atomic mass is 9.84. The first kappa shape index (κ1) is 67.3. The van der Waals surface area contributed by atoms with Gasteiger partial charge >= 0.3 is 0 Å². The third-order valence-electron chi connectivity index (χ3n) is 15.7. The van der Waals surface area contributed by atoms with E-state index in [1.165, 1.54) is 38.1 Å². The van der Waals surface area contributed by atoms with E-state index in [2.05, 4.69) is 52.8 Å². The van der Waals surface area contributed by atoms with Gasteiger partial charge in [-0.1, -0.05) is 75.3 Å². The number of carbonyl (C=O) groups is 11. The number of amides is 11. The Hall–Kier alpha value is -8.86. The molecule has 2 heterocycles. The van der Waals surface area contributed by atoms with Crippen molar-refractivity contribution >= 4 is 81.8 Å². The SMILES string of the molecule is CC(=O)N[C@H](Cc1ccc(O)cc1)C(=O)N1C[C@H](O)C[C@H]1C(=O)N[C@@H](CC(N)=O)C(=O)N[C@H](C(=O)N[C@@H](CC1CCCCC1)C(=O)NCC(=O)N[C@@H](CC1CC1)C(=O)N[C@@H](CCCNC(=N)N)C(=O)N[C@@H](Cc1c[nH]c2ccccc12)C(N)=O)[C@@H](C)O. The van der Waals surface area contributed by atoms with Crippen molar-refractivity contribution in [3.05, 3.63) is 65.9 Å². The number of guanidine groups is 1. The number of primary amides is 2. The molecule has 0 radical (unpaired) electrons. The van der Waals surface area contributed by atoms with Crippen molar-refractivity contribution in [1.29, 1.82) is 5.41 Å². The first-order valence-electron chi connectivity index (χ1n) is 29.4. The number of aliphatic hydroxyl groups is 2. The molecule has 1 saturated heterocycles. The second-order valence-corrected chi connectivity index (χ2v) is 22.9. The number of likely N-dealkylation sites (tertiary alicyclic amines) is 1. The molecule has 20 N–H and O–H groups in total. The highest BCUT2D eigenvalue weighted by molar-refractivity contribution is 5.99. The zero-order valence-electron chi connectivity index (χ0n) is 48.9. The fraction of sp³-hybridized carbons (Fsp3) is 0.552. The molecule has 3 aliphatic rings. The van der Waals surface area contributed by atoms with Crippen LogP contribution in [0, 0.1) is 17.2 Å². The number of nitrogens with one attached hydrogen (secondary N) is 11. The minimum absolute atomic E-state index is 0.0115. The standard InChI is InChI=1S/C58H83N15O14/c1-30(74)49(72-54(84)44(26-47(59)78)70-55(85)46-25-37(77)29-73(46)57(87)45(66-31(2)75)23-34-16-18-36(76)19-17-34)56(86)71-42(21-32-9-4-3-5-10-32)51(81)65-28-48(79)67-43(22-33-14-15-33)53(83)68-40(13-8-20-63-58(61)62)52(82)69-41(50(60)80)24-35-27-64-39-12-7-6-11-38(35)39/h6-7,11-12,16-19,27,30,32-33,37,40-46,49,64,74,76-77H,3-5,8-10,13-15,20-26,28-29H2,1-2H3,(H2,59,78)(H2,60,80)(H,65,81)(H,66,75)(H,67,79)(H,68,83)(H,69,82)(H,70,85)(H,71,86)(H,72,84)(H4,61,62,63)/t30-,37-,40+,41+,42+,43+,44+,45-,46+,49+/m1/s1. The van der Waals surface area contributed by atoms with Crippen LogP contribution in [0.5, 0.6) is 5.75 Å². The molecule has 2 saturated carbocycles. The van der Waals surface area contributed by atoms with Gasteiger partial charge in [-0.2, -0.15) is 0 Å². The van der Waals surface area contributed by atoms with Gasteiger partial charge in [-0.3, -0.25) is 58.1 Å². The molecule has 10 atom stereocenters. The molecule has 474 valence electrons. The largest absolute Gasteiger partial charge is 0.508 e. The van der Waals surface area contributed by atoms with Crippen molar-refractivity contribution in [2.75, 3.05) is 19.6 Å². The molecule has 0 unspecified atom stereocenters. The fourth-order valence-electron chi connectivity index (χ4n) is 10.9. The summed E-state index contributed by atoms with van der Waals surface area (Å²) in [6, 6.07) is 1.93. The molecular weight excluding hydrogens is 1130 g/mol. The zero-order valence-corrected chi connectivity index (χ0v) is 48.9. The molecule has 3 aromatic rings. The first-order chi connectivity index (χ1) is 41.3. The van der Waals surface area contributed by atoms with Crippen LogP contribution >= 0.6 is 0 Å². The number of aromatic hydroxyl groups is 1. The molecule has 87 heavy (non-hydrogen) atoms. The maximum atomic E-state index is 14.2. The number of aromatic nitrogens is 1. The summed E-state index contributed by atoms with van der Waals surface area (Å²) in [4.78, 5) is 154. The van der Waals surface area contributed by atoms with Crippen LogP contribution in [0.1, 0.15) is 108 Å². The van der Waals surface area contributed by atoms with Gasteiger partial charge in [-0.15, -0.1) is 0 Å². The van der Waals surface area contributed by atoms with Crippen molar-refractivity contribution in [3.63, 3.8) is 0 Å². The molecule has 6 rings (SSSR count). The Labute approximate surface area is 502 Å². The average molecular weight is 1210 g/mol. The van der Waals surface area contributed by atoms with Crippen LogP contribution in [0.15, 0.2) is 54.7 Å². The van der Waals surface area contributed by atoms with Crippen molar-refractivity contribution in [1.82, 2.24) is 57.7 Å². The number of aromatic amines is 1. The molecule has 2 aromatic carbocycles. The Morgan fingerprint density at radius 1 is 0.690 bits per heavy atom. The van der Waals surface area contributed by atoms with E-state index in [1.54, 1.807) is 6.20 Å². The molecule has 29 heteroatoms. The summed E-state index contributed by atoms with van der Waals surface area (Å²) in [6.45, 7) is 1.48. The Balaban J connectivity index is 1.11. The van der Waals surface area contributed by atoms with Crippen molar-refractivity contribution < 1.29 is 68.1 Å². The molecule has 1 aliphatic heterocycles. The van der Waals surface area contributed by atoms with Gasteiger partial charge in [0, 0.05) is 56.4 Å². The Kier molecular flexibility index (Phi) is 24.8. The van der Waals surface area contributed by atoms with E-state index in [0.29, 0.717) is 24.0 Å². The number of fused-ring (bicyclic) bond motifs is 1. The highest BCUT2D eigenvalue weighted by Gasteiger charge is 2.43. The van der Waals surface area contributed by atoms with E-state index in [4.69, 9.17) is 22.6 Å². The lowest BCUT2D eigenvalue weighted by Crippen LogP contribution is -2.61. The van der Waals surface area contributed by atoms with Crippen LogP contribution in [0.25, 0.3) is 10.9 Å². The van der Waals surface area contributed by atoms with Gasteiger partial charge in [0.25, 0.3) is 0 Å². The number of H-pyrrole nitrogens is 1. The lowest BCUT2D eigenvalue weighted by Gasteiger charge is -2.30. The third-order valence-corrected chi connectivity index (χ3v) is 15.7. The summed E-state index contributed by atoms with van der Waals surface area (Å²) < 4.78 is 0. The number of rotatable bonds is 32. The van der Waals surface area contributed by atoms with Crippen molar-refractivity contribution in [3.8, 4) is 5.75 Å². The van der Waals surface area contributed by atoms with Crippen LogP contribution in [0.3, 0.4) is 0 Å². The van der Waals surface area contributed by atoms with E-state index in [1.807, 2.05) is 24.3 Å². The molecule has 0 spiro atoms. The molecule has 2 aliphatic carbocycles. The zero-order chi connectivity index (χ0) is 63.5. The number of aliphatic hydroxyl groups excluding tert-OH is 2. The Morgan fingerprint density at radius 2 is 1.31 bits per heavy atom. The van der Waals surface area contributed by atoms with Crippen LogP contribution in [0.4, 0.5) is 0 Å². The Morgan fingerprint density at radius 3 is 1.94 bits per heavy atom. The third kappa shape index (κ3) is 21.0. The summed E-state index contributed by atoms with van der Waals surface area (Å²) in [6.07, 6.45) is 3.72. The number of carbonyl (C=O) groups excluding carboxylic acids is 11. The predicted molar refractivity (Wildman–Crippen MR) is 315 cm³/mol. The molecule has 0 bridgehead atoms. The number of phenols is 1. The predicted octanol–water partition coefficient (Wildman–Crippen LogP) is -3.07. The molecular formula is C58H83N15O14. The number of hydrogen-bond acceptors (Lipinski definition) is 15. The van der Waals surface area contributed by atoms with Crippen molar-refractivity contribution in [2.45, 2.75) is 171 Å². The molecule has 1 aromatic heterocycles. The normalized spacial score (nSPS) is 18.6. The van der Waals surface area contributed by atoms with Crippen LogP contribution < -0.4 is 65.1 Å². The van der Waals surface area contributed by atoms with Gasteiger partial charge in [0.2, 0.25) is 65.0 Å². The van der Waals surface area contributed by atoms with E-state index >= 15 is 0 Å². The number of hydrogen-bond donors (Lipinski definition) is 17. The minimum atomic E-state index is -1.82. The van der Waals surface area contributed by atoms with Gasteiger partial charge in [0.15, 0.2) is 5.96 Å². The second-order valence-electron chi connectivity index (χ2n) is 22.9. The summed E-state index contributed by atoms with van der Waals surface area (Å²) in [5, 5.41) is 62.8. The number of phenolic OH excluding ortho intramolecular Hbond substituents is 1. The van der Waals surface area contributed by atoms with Crippen LogP contribution in [-0.2, 0) is 65.6 Å². The maximum absolute atomic E-state index is 14.2. The van der Waals surface area contributed by atoms with Crippen molar-refractivity contribution in [2.24, 2.45) is 29.0 Å². The molecule has 29 nitrogen and oxygen atoms in total. The quantitative estimate of drug-likeness (QED) is 0.0168. The minimum Gasteiger partial charge on any atom is -0.508 e. The average Bonchev–Trinajstić information content (AvgIpc) is 2.09. The van der Waals surface area contributed by atoms with Gasteiger partial charge in [-0.25, -0.2) is 0 Å². The number of β-amino-alcohol motifs (C(OH)–C–C–N with tert-alkyl or cyclic N) is 1. The molecule has 3 fully saturated rings. The van der Waals surface area contributed by atoms with Gasteiger partial charge in [-0.05, 0) is 73.8 Å². The lowest BCUT2D eigenvalue weighted by molar-refractivity contribution is -0.142. The first-order valence-corrected chi connectivity index (χ1v) is 29.4. The topological polar surface area (TPSA) is 478 Å². The van der Waals surface area contributed by atoms with Gasteiger partial charge in [0.1, 0.15) is 54.1 Å². The monoisotopic (exact) mass is 1210 g/mol. The summed E-state index contributed by atoms with van der Waals surface area (Å²) in [7, 11) is 0. The summed E-state index contributed by atoms with van der Waals surface area (Å²) in [5.41, 5.74) is 18.8. The van der Waals surface area contributed by atoms with Gasteiger partial charge in [0.05, 0.1) is 25.2 Å². The number of benzene rings is 2. The van der Waals surface area contributed by atoms with E-state index < -0.39 is 138 Å². The number of nitrogens with zero attached hydrogens (tertiary/aromatic N) is 1. The highest BCUT2D eigenvalue weighted by atomic mass is 16.3. The number of nitrogens with two attached hydrogens (primary N) is 3. The fourth-order valence-corrected chi connectivity index (χ4v) is 10.9. The maximum Gasteiger partial charge on any atom is 0.246 e. The van der Waals surface area contributed by atoms with E-state index in [-0.39, 0.29) is 81.6 Å². The highest BCUT2D eigenvalue weighted by Crippen LogP contribution is 2.34. The van der Waals surface area contributed by atoms with E-state index in [0.717, 1.165) is 47.9 Å². The summed E-state index contributed by atoms with van der Waals surface area (Å²) in [5.74, 6) is -9.94. The van der Waals surface area contributed by atoms with Gasteiger partial charge < -0.3 is 90.3 Å². The summed E-state index contributed by atoms with van der Waals surface area (Å²) >= 11 is 0. The molecule has 11 amide bonds.